The van der Waals surface area contributed by atoms with E-state index in [2.05, 4.69) is 0 Å². The van der Waals surface area contributed by atoms with Crippen LogP contribution in [0.1, 0.15) is 39.0 Å². The Morgan fingerprint density at radius 3 is 2.39 bits per heavy atom. The van der Waals surface area contributed by atoms with Gasteiger partial charge < -0.3 is 14.5 Å². The van der Waals surface area contributed by atoms with Gasteiger partial charge in [-0.25, -0.2) is 0 Å². The van der Waals surface area contributed by atoms with Gasteiger partial charge in [-0.05, 0) is 39.0 Å². The minimum atomic E-state index is -0.167. The Hall–Kier alpha value is -2.03. The first-order chi connectivity index (χ1) is 11.2. The first kappa shape index (κ1) is 17.3. The van der Waals surface area contributed by atoms with E-state index in [1.54, 1.807) is 18.0 Å². The second-order valence-electron chi connectivity index (χ2n) is 6.07. The lowest BCUT2D eigenvalue weighted by Gasteiger charge is -2.31. The third-order valence-electron chi connectivity index (χ3n) is 4.46. The second-order valence-corrected chi connectivity index (χ2v) is 6.07. The number of rotatable bonds is 4. The smallest absolute Gasteiger partial charge is 0.309 e. The summed E-state index contributed by atoms with van der Waals surface area (Å²) in [6.07, 6.45) is 6.23. The third-order valence-corrected chi connectivity index (χ3v) is 4.46. The molecule has 0 aromatic rings. The van der Waals surface area contributed by atoms with Crippen molar-refractivity contribution in [2.45, 2.75) is 39.0 Å². The maximum atomic E-state index is 12.4. The van der Waals surface area contributed by atoms with Crippen molar-refractivity contribution in [2.24, 2.45) is 5.92 Å². The number of likely N-dealkylation sites (tertiary alicyclic amines) is 2. The highest BCUT2D eigenvalue weighted by atomic mass is 16.5. The molecule has 6 heteroatoms. The van der Waals surface area contributed by atoms with E-state index in [1.807, 2.05) is 11.0 Å². The summed E-state index contributed by atoms with van der Waals surface area (Å²) in [6.45, 7) is 5.03. The standard InChI is InChI=1S/C17H25N3O3/c1-2-23-17(22)14-6-10-19(11-7-14)13-15(12-18)16(21)20-8-4-3-5-9-20/h13-14H,2-11H2,1H3/b15-13-. The number of carbonyl (C=O) groups excluding carboxylic acids is 2. The summed E-state index contributed by atoms with van der Waals surface area (Å²) in [5, 5.41) is 9.30. The highest BCUT2D eigenvalue weighted by molar-refractivity contribution is 5.97. The van der Waals surface area contributed by atoms with Gasteiger partial charge in [0.05, 0.1) is 12.5 Å². The largest absolute Gasteiger partial charge is 0.466 e. The van der Waals surface area contributed by atoms with E-state index in [0.717, 1.165) is 32.4 Å². The molecule has 23 heavy (non-hydrogen) atoms. The molecule has 2 saturated heterocycles. The van der Waals surface area contributed by atoms with E-state index >= 15 is 0 Å². The molecule has 2 heterocycles. The molecular formula is C17H25N3O3. The number of piperidine rings is 2. The molecule has 2 fully saturated rings. The molecule has 2 aliphatic rings. The maximum absolute atomic E-state index is 12.4. The van der Waals surface area contributed by atoms with Gasteiger partial charge in [-0.15, -0.1) is 0 Å². The molecule has 0 aliphatic carbocycles. The van der Waals surface area contributed by atoms with Crippen LogP contribution in [-0.4, -0.2) is 54.5 Å². The van der Waals surface area contributed by atoms with E-state index in [0.29, 0.717) is 32.5 Å². The molecule has 0 aromatic carbocycles. The molecule has 1 amide bonds. The molecule has 0 bridgehead atoms. The van der Waals surface area contributed by atoms with Crippen LogP contribution in [0.2, 0.25) is 0 Å². The number of ether oxygens (including phenoxy) is 1. The fourth-order valence-corrected chi connectivity index (χ4v) is 3.11. The van der Waals surface area contributed by atoms with Crippen LogP contribution in [0.25, 0.3) is 0 Å². The second kappa shape index (κ2) is 8.56. The van der Waals surface area contributed by atoms with Crippen molar-refractivity contribution in [3.63, 3.8) is 0 Å². The van der Waals surface area contributed by atoms with Gasteiger partial charge in [0, 0.05) is 32.4 Å². The fourth-order valence-electron chi connectivity index (χ4n) is 3.11. The molecule has 0 spiro atoms. The summed E-state index contributed by atoms with van der Waals surface area (Å²) in [7, 11) is 0. The van der Waals surface area contributed by atoms with Crippen LogP contribution in [0.4, 0.5) is 0 Å². The van der Waals surface area contributed by atoms with Gasteiger partial charge in [0.15, 0.2) is 0 Å². The van der Waals surface area contributed by atoms with E-state index in [1.165, 1.54) is 0 Å². The van der Waals surface area contributed by atoms with Gasteiger partial charge in [-0.1, -0.05) is 0 Å². The zero-order valence-electron chi connectivity index (χ0n) is 13.8. The minimum absolute atomic E-state index is 0.0667. The van der Waals surface area contributed by atoms with Crippen LogP contribution >= 0.6 is 0 Å². The zero-order valence-corrected chi connectivity index (χ0v) is 13.8. The number of nitrogens with zero attached hydrogens (tertiary/aromatic N) is 3. The quantitative estimate of drug-likeness (QED) is 0.448. The highest BCUT2D eigenvalue weighted by Crippen LogP contribution is 2.20. The molecule has 0 unspecified atom stereocenters. The van der Waals surface area contributed by atoms with Crippen LogP contribution in [0.5, 0.6) is 0 Å². The molecule has 0 aromatic heterocycles. The van der Waals surface area contributed by atoms with Crippen LogP contribution in [0.3, 0.4) is 0 Å². The number of hydrogen-bond donors (Lipinski definition) is 0. The van der Waals surface area contributed by atoms with Crippen LogP contribution in [-0.2, 0) is 14.3 Å². The average molecular weight is 319 g/mol. The average Bonchev–Trinajstić information content (AvgIpc) is 2.60. The molecular weight excluding hydrogens is 294 g/mol. The molecule has 2 rings (SSSR count). The number of hydrogen-bond acceptors (Lipinski definition) is 5. The summed E-state index contributed by atoms with van der Waals surface area (Å²) in [5.74, 6) is -0.372. The van der Waals surface area contributed by atoms with Crippen molar-refractivity contribution in [1.29, 1.82) is 5.26 Å². The van der Waals surface area contributed by atoms with E-state index in [4.69, 9.17) is 4.74 Å². The van der Waals surface area contributed by atoms with Crippen molar-refractivity contribution in [2.75, 3.05) is 32.8 Å². The topological polar surface area (TPSA) is 73.6 Å². The lowest BCUT2D eigenvalue weighted by molar-refractivity contribution is -0.149. The van der Waals surface area contributed by atoms with Gasteiger partial charge in [0.25, 0.3) is 5.91 Å². The lowest BCUT2D eigenvalue weighted by Crippen LogP contribution is -2.38. The van der Waals surface area contributed by atoms with Crippen molar-refractivity contribution < 1.29 is 14.3 Å². The maximum Gasteiger partial charge on any atom is 0.309 e. The third kappa shape index (κ3) is 4.72. The van der Waals surface area contributed by atoms with Crippen molar-refractivity contribution >= 4 is 11.9 Å². The lowest BCUT2D eigenvalue weighted by atomic mass is 9.97. The Bertz CT molecular complexity index is 496. The SMILES string of the molecule is CCOC(=O)C1CCN(/C=C(/C#N)C(=O)N2CCCCC2)CC1. The van der Waals surface area contributed by atoms with E-state index in [-0.39, 0.29) is 23.4 Å². The Morgan fingerprint density at radius 2 is 1.83 bits per heavy atom. The molecule has 0 radical (unpaired) electrons. The van der Waals surface area contributed by atoms with Crippen LogP contribution in [0, 0.1) is 17.2 Å². The Balaban J connectivity index is 1.91. The monoisotopic (exact) mass is 319 g/mol. The molecule has 0 atom stereocenters. The molecule has 2 aliphatic heterocycles. The van der Waals surface area contributed by atoms with E-state index in [9.17, 15) is 14.9 Å². The van der Waals surface area contributed by atoms with Crippen LogP contribution < -0.4 is 0 Å². The van der Waals surface area contributed by atoms with Crippen molar-refractivity contribution in [1.82, 2.24) is 9.80 Å². The fraction of sp³-hybridized carbons (Fsp3) is 0.706. The summed E-state index contributed by atoms with van der Waals surface area (Å²) in [5.41, 5.74) is 0.196. The number of esters is 1. The number of nitriles is 1. The van der Waals surface area contributed by atoms with Gasteiger partial charge in [-0.3, -0.25) is 9.59 Å². The summed E-state index contributed by atoms with van der Waals surface area (Å²) in [4.78, 5) is 27.9. The highest BCUT2D eigenvalue weighted by Gasteiger charge is 2.26. The Morgan fingerprint density at radius 1 is 1.17 bits per heavy atom. The first-order valence-electron chi connectivity index (χ1n) is 8.47. The number of carbonyl (C=O) groups is 2. The minimum Gasteiger partial charge on any atom is -0.466 e. The molecule has 6 nitrogen and oxygen atoms in total. The molecule has 126 valence electrons. The zero-order chi connectivity index (χ0) is 16.7. The summed E-state index contributed by atoms with van der Waals surface area (Å²) in [6, 6.07) is 2.04. The van der Waals surface area contributed by atoms with Crippen LogP contribution in [0.15, 0.2) is 11.8 Å². The predicted octanol–water partition coefficient (Wildman–Crippen LogP) is 1.68. The van der Waals surface area contributed by atoms with Gasteiger partial charge in [0.1, 0.15) is 11.6 Å². The summed E-state index contributed by atoms with van der Waals surface area (Å²) >= 11 is 0. The van der Waals surface area contributed by atoms with E-state index < -0.39 is 0 Å². The predicted molar refractivity (Wildman–Crippen MR) is 85.1 cm³/mol. The van der Waals surface area contributed by atoms with Crippen molar-refractivity contribution in [3.8, 4) is 6.07 Å². The Kier molecular flexibility index (Phi) is 6.45. The Labute approximate surface area is 137 Å². The van der Waals surface area contributed by atoms with Gasteiger partial charge in [0.2, 0.25) is 0 Å². The normalized spacial score (nSPS) is 20.1. The first-order valence-corrected chi connectivity index (χ1v) is 8.47. The van der Waals surface area contributed by atoms with Gasteiger partial charge in [-0.2, -0.15) is 5.26 Å². The molecule has 0 N–H and O–H groups in total. The van der Waals surface area contributed by atoms with Gasteiger partial charge >= 0.3 is 5.97 Å². The number of amides is 1. The molecule has 0 saturated carbocycles. The summed E-state index contributed by atoms with van der Waals surface area (Å²) < 4.78 is 5.05. The van der Waals surface area contributed by atoms with Crippen molar-refractivity contribution in [3.05, 3.63) is 11.8 Å².